The fraction of sp³-hybridized carbons (Fsp3) is 0.375. The van der Waals surface area contributed by atoms with Crippen molar-refractivity contribution in [3.05, 3.63) is 35.5 Å². The number of anilines is 1. The third kappa shape index (κ3) is 2.54. The Labute approximate surface area is 142 Å². The van der Waals surface area contributed by atoms with Crippen molar-refractivity contribution in [2.45, 2.75) is 29.8 Å². The molecule has 0 bridgehead atoms. The summed E-state index contributed by atoms with van der Waals surface area (Å²) in [6.07, 6.45) is -0.437. The Morgan fingerprint density at radius 3 is 2.54 bits per heavy atom. The molecule has 0 atom stereocenters. The van der Waals surface area contributed by atoms with Crippen LogP contribution in [0.1, 0.15) is 17.7 Å². The van der Waals surface area contributed by atoms with Crippen LogP contribution in [0.2, 0.25) is 0 Å². The molecule has 1 aliphatic carbocycles. The Morgan fingerprint density at radius 2 is 1.92 bits per heavy atom. The summed E-state index contributed by atoms with van der Waals surface area (Å²) in [5.41, 5.74) is 1.65. The average molecular weight is 350 g/mol. The van der Waals surface area contributed by atoms with Crippen LogP contribution in [0.15, 0.2) is 29.2 Å². The van der Waals surface area contributed by atoms with E-state index in [0.717, 1.165) is 22.4 Å². The summed E-state index contributed by atoms with van der Waals surface area (Å²) >= 11 is 1.13. The fourth-order valence-electron chi connectivity index (χ4n) is 3.10. The van der Waals surface area contributed by atoms with Gasteiger partial charge in [-0.05, 0) is 30.5 Å². The number of aliphatic hydroxyl groups excluding tert-OH is 1. The van der Waals surface area contributed by atoms with Crippen molar-refractivity contribution >= 4 is 17.9 Å². The molecule has 8 heteroatoms. The molecule has 126 valence electrons. The molecule has 0 unspecified atom stereocenters. The molecule has 1 aromatic carbocycles. The van der Waals surface area contributed by atoms with Crippen molar-refractivity contribution in [2.75, 3.05) is 18.0 Å². The molecule has 2 aliphatic rings. The zero-order valence-corrected chi connectivity index (χ0v) is 13.6. The predicted molar refractivity (Wildman–Crippen MR) is 87.9 cm³/mol. The van der Waals surface area contributed by atoms with E-state index in [4.69, 9.17) is 5.14 Å². The van der Waals surface area contributed by atoms with E-state index in [9.17, 15) is 13.9 Å². The van der Waals surface area contributed by atoms with Gasteiger partial charge in [-0.25, -0.2) is 9.97 Å². The van der Waals surface area contributed by atoms with Crippen LogP contribution in [0.3, 0.4) is 0 Å². The van der Waals surface area contributed by atoms with Gasteiger partial charge in [0.1, 0.15) is 5.69 Å². The van der Waals surface area contributed by atoms with Crippen molar-refractivity contribution in [3.8, 4) is 11.3 Å². The third-order valence-electron chi connectivity index (χ3n) is 4.44. The first-order valence-electron chi connectivity index (χ1n) is 7.67. The summed E-state index contributed by atoms with van der Waals surface area (Å²) < 4.78 is 28.4. The lowest BCUT2D eigenvalue weighted by Gasteiger charge is -2.36. The number of halogens is 2. The molecule has 0 radical (unpaired) electrons. The number of aromatic nitrogens is 2. The molecule has 1 aliphatic heterocycles. The lowest BCUT2D eigenvalue weighted by Crippen LogP contribution is -2.51. The van der Waals surface area contributed by atoms with Gasteiger partial charge in [0, 0.05) is 35.5 Å². The quantitative estimate of drug-likeness (QED) is 0.828. The molecule has 5 nitrogen and oxygen atoms in total. The van der Waals surface area contributed by atoms with Crippen LogP contribution in [-0.2, 0) is 12.3 Å². The lowest BCUT2D eigenvalue weighted by atomic mass is 10.0. The Bertz CT molecular complexity index is 778. The molecule has 0 saturated carbocycles. The predicted octanol–water partition coefficient (Wildman–Crippen LogP) is 2.33. The maximum absolute atomic E-state index is 14.2. The van der Waals surface area contributed by atoms with Crippen LogP contribution in [-0.4, -0.2) is 34.3 Å². The van der Waals surface area contributed by atoms with Crippen molar-refractivity contribution in [2.24, 2.45) is 5.14 Å². The monoisotopic (exact) mass is 350 g/mol. The van der Waals surface area contributed by atoms with E-state index in [2.05, 4.69) is 9.97 Å². The van der Waals surface area contributed by atoms with Crippen LogP contribution in [0.4, 0.5) is 14.7 Å². The van der Waals surface area contributed by atoms with E-state index in [-0.39, 0.29) is 24.5 Å². The molecule has 4 rings (SSSR count). The Kier molecular flexibility index (Phi) is 3.70. The highest BCUT2D eigenvalue weighted by Crippen LogP contribution is 2.44. The molecule has 1 saturated heterocycles. The maximum atomic E-state index is 14.2. The summed E-state index contributed by atoms with van der Waals surface area (Å²) in [6, 6.07) is 7.36. The molecule has 24 heavy (non-hydrogen) atoms. The van der Waals surface area contributed by atoms with Crippen LogP contribution in [0.5, 0.6) is 0 Å². The summed E-state index contributed by atoms with van der Waals surface area (Å²) in [5, 5.41) is 15.0. The summed E-state index contributed by atoms with van der Waals surface area (Å²) in [4.78, 5) is 11.2. The molecule has 2 aromatic rings. The van der Waals surface area contributed by atoms with E-state index >= 15 is 0 Å². The van der Waals surface area contributed by atoms with E-state index in [1.54, 1.807) is 4.90 Å². The first-order chi connectivity index (χ1) is 11.5. The zero-order valence-electron chi connectivity index (χ0n) is 12.7. The van der Waals surface area contributed by atoms with Gasteiger partial charge in [-0.15, -0.1) is 0 Å². The van der Waals surface area contributed by atoms with E-state index in [0.29, 0.717) is 24.3 Å². The molecule has 1 aromatic heterocycles. The van der Waals surface area contributed by atoms with E-state index in [1.165, 1.54) is 0 Å². The van der Waals surface area contributed by atoms with Crippen LogP contribution in [0, 0.1) is 0 Å². The van der Waals surface area contributed by atoms with E-state index < -0.39 is 12.0 Å². The van der Waals surface area contributed by atoms with Crippen molar-refractivity contribution in [1.29, 1.82) is 0 Å². The molecule has 1 fully saturated rings. The summed E-state index contributed by atoms with van der Waals surface area (Å²) in [5.74, 6) is -2.67. The van der Waals surface area contributed by atoms with Crippen molar-refractivity contribution in [1.82, 2.24) is 9.97 Å². The first kappa shape index (κ1) is 15.7. The number of benzene rings is 1. The second-order valence-corrected chi connectivity index (χ2v) is 6.81. The minimum absolute atomic E-state index is 0.179. The normalized spacial score (nSPS) is 19.2. The van der Waals surface area contributed by atoms with Gasteiger partial charge >= 0.3 is 0 Å². The number of fused-ring (bicyclic) bond motifs is 1. The van der Waals surface area contributed by atoms with Gasteiger partial charge in [0.2, 0.25) is 5.95 Å². The summed E-state index contributed by atoms with van der Waals surface area (Å²) in [6.45, 7) is 0.735. The number of β-amino-alcohol motifs (C(OH)–C–C–N with tert-alkyl or cyclic N) is 1. The molecule has 0 spiro atoms. The number of aliphatic hydroxyl groups is 1. The standard InChI is InChI=1S/C16H16F2N4OS/c17-16(18)6-5-12-13(9-1-3-11(24-19)4-2-9)20-15(21-14(12)16)22-7-10(23)8-22/h1-4,10,23H,5-8,19H2. The van der Waals surface area contributed by atoms with Gasteiger partial charge in [-0.3, -0.25) is 5.14 Å². The first-order valence-corrected chi connectivity index (χ1v) is 8.55. The molecule has 0 amide bonds. The minimum Gasteiger partial charge on any atom is -0.389 e. The fourth-order valence-corrected chi connectivity index (χ4v) is 3.40. The number of hydrogen-bond donors (Lipinski definition) is 2. The largest absolute Gasteiger partial charge is 0.389 e. The molecule has 2 heterocycles. The zero-order chi connectivity index (χ0) is 16.9. The van der Waals surface area contributed by atoms with Crippen LogP contribution < -0.4 is 10.0 Å². The topological polar surface area (TPSA) is 75.3 Å². The van der Waals surface area contributed by atoms with Crippen molar-refractivity contribution in [3.63, 3.8) is 0 Å². The Balaban J connectivity index is 1.82. The second-order valence-electron chi connectivity index (χ2n) is 6.10. The van der Waals surface area contributed by atoms with Crippen molar-refractivity contribution < 1.29 is 13.9 Å². The van der Waals surface area contributed by atoms with Gasteiger partial charge in [0.05, 0.1) is 11.8 Å². The number of alkyl halides is 2. The van der Waals surface area contributed by atoms with Gasteiger partial charge in [0.25, 0.3) is 5.92 Å². The SMILES string of the molecule is NSc1ccc(-c2nc(N3CC(O)C3)nc3c2CCC3(F)F)cc1. The van der Waals surface area contributed by atoms with E-state index in [1.807, 2.05) is 24.3 Å². The smallest absolute Gasteiger partial charge is 0.290 e. The highest BCUT2D eigenvalue weighted by Gasteiger charge is 2.44. The second kappa shape index (κ2) is 5.65. The molecule has 3 N–H and O–H groups in total. The maximum Gasteiger partial charge on any atom is 0.290 e. The van der Waals surface area contributed by atoms with Gasteiger partial charge in [-0.2, -0.15) is 8.78 Å². The lowest BCUT2D eigenvalue weighted by molar-refractivity contribution is -0.00596. The number of rotatable bonds is 3. The van der Waals surface area contributed by atoms with Crippen LogP contribution >= 0.6 is 11.9 Å². The molecular weight excluding hydrogens is 334 g/mol. The summed E-state index contributed by atoms with van der Waals surface area (Å²) in [7, 11) is 0. The highest BCUT2D eigenvalue weighted by molar-refractivity contribution is 7.97. The number of nitrogens with two attached hydrogens (primary N) is 1. The number of nitrogens with zero attached hydrogens (tertiary/aromatic N) is 3. The van der Waals surface area contributed by atoms with Gasteiger partial charge in [-0.1, -0.05) is 12.1 Å². The highest BCUT2D eigenvalue weighted by atomic mass is 32.2. The Hall–Kier alpha value is -1.77. The third-order valence-corrected chi connectivity index (χ3v) is 4.98. The Morgan fingerprint density at radius 1 is 1.21 bits per heavy atom. The minimum atomic E-state index is -2.93. The van der Waals surface area contributed by atoms with Crippen LogP contribution in [0.25, 0.3) is 11.3 Å². The number of hydrogen-bond acceptors (Lipinski definition) is 6. The molecular formula is C16H16F2N4OS. The van der Waals surface area contributed by atoms with Gasteiger partial charge < -0.3 is 10.0 Å². The average Bonchev–Trinajstić information content (AvgIpc) is 2.86. The van der Waals surface area contributed by atoms with Gasteiger partial charge in [0.15, 0.2) is 0 Å².